The van der Waals surface area contributed by atoms with E-state index in [1.54, 1.807) is 0 Å². The van der Waals surface area contributed by atoms with E-state index in [4.69, 9.17) is 10.5 Å². The number of nitrogens with two attached hydrogens (primary N) is 1. The molecule has 0 aromatic rings. The summed E-state index contributed by atoms with van der Waals surface area (Å²) in [5.41, 5.74) is 4.54. The molecule has 3 amide bonds. The van der Waals surface area contributed by atoms with E-state index in [1.807, 2.05) is 4.90 Å². The van der Waals surface area contributed by atoms with E-state index in [0.717, 1.165) is 38.1 Å². The van der Waals surface area contributed by atoms with E-state index in [9.17, 15) is 14.9 Å². The van der Waals surface area contributed by atoms with Crippen molar-refractivity contribution in [3.8, 4) is 6.07 Å². The topological polar surface area (TPSA) is 136 Å². The fourth-order valence-corrected chi connectivity index (χ4v) is 6.52. The maximum absolute atomic E-state index is 13.8. The minimum absolute atomic E-state index is 0.198. The molecule has 2 unspecified atom stereocenters. The number of amides is 3. The SMILES string of the molecule is CC1CCC(N2CCC(C#N)(NC(=O)C(CC3CCCCC3)N/C(=N/C(N)=O)N3CCOCC3)C2)CC1. The predicted molar refractivity (Wildman–Crippen MR) is 142 cm³/mol. The Morgan fingerprint density at radius 2 is 1.81 bits per heavy atom. The Morgan fingerprint density at radius 3 is 2.46 bits per heavy atom. The Balaban J connectivity index is 1.47. The van der Waals surface area contributed by atoms with Crippen LogP contribution in [0.1, 0.15) is 77.6 Å². The Labute approximate surface area is 221 Å². The van der Waals surface area contributed by atoms with Gasteiger partial charge in [0.2, 0.25) is 11.9 Å². The number of likely N-dealkylation sites (tertiary alicyclic amines) is 1. The zero-order valence-electron chi connectivity index (χ0n) is 22.4. The number of carbonyl (C=O) groups is 2. The smallest absolute Gasteiger partial charge is 0.341 e. The largest absolute Gasteiger partial charge is 0.378 e. The zero-order chi connectivity index (χ0) is 26.3. The lowest BCUT2D eigenvalue weighted by Gasteiger charge is -2.35. The van der Waals surface area contributed by atoms with Gasteiger partial charge in [-0.25, -0.2) is 4.79 Å². The molecule has 2 aliphatic carbocycles. The number of hydrogen-bond donors (Lipinski definition) is 3. The molecule has 10 heteroatoms. The van der Waals surface area contributed by atoms with Crippen LogP contribution in [0.3, 0.4) is 0 Å². The molecule has 0 radical (unpaired) electrons. The minimum Gasteiger partial charge on any atom is -0.378 e. The van der Waals surface area contributed by atoms with Crippen LogP contribution >= 0.6 is 0 Å². The highest BCUT2D eigenvalue weighted by Crippen LogP contribution is 2.32. The van der Waals surface area contributed by atoms with Crippen molar-refractivity contribution in [3.63, 3.8) is 0 Å². The molecule has 4 aliphatic rings. The van der Waals surface area contributed by atoms with Crippen LogP contribution in [0.5, 0.6) is 0 Å². The number of rotatable bonds is 6. The molecule has 4 fully saturated rings. The average molecular weight is 516 g/mol. The summed E-state index contributed by atoms with van der Waals surface area (Å²) in [4.78, 5) is 33.9. The van der Waals surface area contributed by atoms with Crippen LogP contribution in [-0.2, 0) is 9.53 Å². The fraction of sp³-hybridized carbons (Fsp3) is 0.852. The molecule has 206 valence electrons. The van der Waals surface area contributed by atoms with E-state index in [-0.39, 0.29) is 5.91 Å². The third-order valence-corrected chi connectivity index (χ3v) is 8.82. The van der Waals surface area contributed by atoms with E-state index >= 15 is 0 Å². The standard InChI is InChI=1S/C27H45N7O3/c1-20-7-9-22(10-8-20)34-12-11-27(18-28,19-34)32-24(35)23(17-21-5-3-2-4-6-21)30-26(31-25(29)36)33-13-15-37-16-14-33/h20-23H,2-17,19H2,1H3,(H,32,35)(H3,29,30,31,36). The van der Waals surface area contributed by atoms with Gasteiger partial charge in [0, 0.05) is 32.2 Å². The van der Waals surface area contributed by atoms with Crippen molar-refractivity contribution in [3.05, 3.63) is 0 Å². The van der Waals surface area contributed by atoms with Gasteiger partial charge in [-0.1, -0.05) is 39.0 Å². The molecule has 4 rings (SSSR count). The van der Waals surface area contributed by atoms with Crippen LogP contribution < -0.4 is 16.4 Å². The quantitative estimate of drug-likeness (QED) is 0.365. The number of nitrogens with one attached hydrogen (secondary N) is 2. The number of ether oxygens (including phenoxy) is 1. The highest BCUT2D eigenvalue weighted by Gasteiger charge is 2.43. The van der Waals surface area contributed by atoms with E-state index in [2.05, 4.69) is 33.5 Å². The number of guanidine groups is 1. The van der Waals surface area contributed by atoms with Crippen molar-refractivity contribution in [2.24, 2.45) is 22.6 Å². The highest BCUT2D eigenvalue weighted by atomic mass is 16.5. The van der Waals surface area contributed by atoms with E-state index in [0.29, 0.717) is 63.6 Å². The number of aliphatic imine (C=N–C) groups is 1. The molecule has 2 saturated carbocycles. The lowest BCUT2D eigenvalue weighted by Crippen LogP contribution is -2.59. The van der Waals surface area contributed by atoms with Crippen molar-refractivity contribution >= 4 is 17.9 Å². The van der Waals surface area contributed by atoms with Gasteiger partial charge in [-0.15, -0.1) is 0 Å². The summed E-state index contributed by atoms with van der Waals surface area (Å²) in [6, 6.07) is 1.56. The first kappa shape index (κ1) is 27.6. The van der Waals surface area contributed by atoms with Gasteiger partial charge in [0.05, 0.1) is 19.3 Å². The monoisotopic (exact) mass is 515 g/mol. The van der Waals surface area contributed by atoms with Crippen molar-refractivity contribution in [1.29, 1.82) is 5.26 Å². The van der Waals surface area contributed by atoms with E-state index in [1.165, 1.54) is 32.1 Å². The Kier molecular flexibility index (Phi) is 9.65. The Bertz CT molecular complexity index is 855. The summed E-state index contributed by atoms with van der Waals surface area (Å²) in [5, 5.41) is 16.6. The van der Waals surface area contributed by atoms with Crippen LogP contribution in [0, 0.1) is 23.2 Å². The van der Waals surface area contributed by atoms with Crippen molar-refractivity contribution in [2.75, 3.05) is 39.4 Å². The zero-order valence-corrected chi connectivity index (χ0v) is 22.4. The molecule has 4 N–H and O–H groups in total. The molecule has 0 bridgehead atoms. The first-order valence-electron chi connectivity index (χ1n) is 14.3. The predicted octanol–water partition coefficient (Wildman–Crippen LogP) is 2.34. The van der Waals surface area contributed by atoms with Gasteiger partial charge in [0.25, 0.3) is 0 Å². The molecule has 2 heterocycles. The summed E-state index contributed by atoms with van der Waals surface area (Å²) in [5.74, 6) is 1.31. The highest BCUT2D eigenvalue weighted by molar-refractivity contribution is 5.95. The number of nitrogens with zero attached hydrogens (tertiary/aromatic N) is 4. The maximum atomic E-state index is 13.8. The Hall–Kier alpha value is -2.38. The molecule has 37 heavy (non-hydrogen) atoms. The van der Waals surface area contributed by atoms with Crippen LogP contribution in [0.4, 0.5) is 4.79 Å². The molecule has 0 spiro atoms. The maximum Gasteiger partial charge on any atom is 0.341 e. The normalized spacial score (nSPS) is 30.9. The van der Waals surface area contributed by atoms with Gasteiger partial charge in [-0.3, -0.25) is 9.69 Å². The van der Waals surface area contributed by atoms with Gasteiger partial charge < -0.3 is 26.0 Å². The molecule has 0 aromatic heterocycles. The van der Waals surface area contributed by atoms with Gasteiger partial charge >= 0.3 is 6.03 Å². The second-order valence-electron chi connectivity index (χ2n) is 11.6. The van der Waals surface area contributed by atoms with Crippen LogP contribution in [0.25, 0.3) is 0 Å². The molecule has 2 atom stereocenters. The van der Waals surface area contributed by atoms with Gasteiger partial charge in [-0.05, 0) is 50.4 Å². The van der Waals surface area contributed by atoms with Crippen LogP contribution in [-0.4, -0.2) is 84.7 Å². The summed E-state index contributed by atoms with van der Waals surface area (Å²) >= 11 is 0. The molecule has 10 nitrogen and oxygen atoms in total. The first-order chi connectivity index (χ1) is 17.9. The summed E-state index contributed by atoms with van der Waals surface area (Å²) in [7, 11) is 0. The van der Waals surface area contributed by atoms with Crippen molar-refractivity contribution < 1.29 is 14.3 Å². The van der Waals surface area contributed by atoms with Crippen molar-refractivity contribution in [1.82, 2.24) is 20.4 Å². The minimum atomic E-state index is -0.896. The van der Waals surface area contributed by atoms with E-state index < -0.39 is 17.6 Å². The molecule has 2 aliphatic heterocycles. The lowest BCUT2D eigenvalue weighted by molar-refractivity contribution is -0.124. The third kappa shape index (κ3) is 7.57. The number of hydrogen-bond acceptors (Lipinski definition) is 5. The summed E-state index contributed by atoms with van der Waals surface area (Å²) in [6.07, 6.45) is 11.8. The molecular weight excluding hydrogens is 470 g/mol. The average Bonchev–Trinajstić information content (AvgIpc) is 3.33. The second-order valence-corrected chi connectivity index (χ2v) is 11.6. The van der Waals surface area contributed by atoms with Crippen molar-refractivity contribution in [2.45, 2.75) is 95.2 Å². The van der Waals surface area contributed by atoms with Crippen LogP contribution in [0.2, 0.25) is 0 Å². The third-order valence-electron chi connectivity index (χ3n) is 8.82. The summed E-state index contributed by atoms with van der Waals surface area (Å²) < 4.78 is 5.45. The number of carbonyl (C=O) groups excluding carboxylic acids is 2. The number of nitriles is 1. The molecule has 0 aromatic carbocycles. The second kappa shape index (κ2) is 12.9. The Morgan fingerprint density at radius 1 is 1.11 bits per heavy atom. The number of morpholine rings is 1. The summed E-state index contributed by atoms with van der Waals surface area (Å²) in [6.45, 7) is 5.87. The first-order valence-corrected chi connectivity index (χ1v) is 14.3. The van der Waals surface area contributed by atoms with Gasteiger partial charge in [0.1, 0.15) is 11.6 Å². The lowest BCUT2D eigenvalue weighted by atomic mass is 9.84. The number of urea groups is 1. The van der Waals surface area contributed by atoms with Gasteiger partial charge in [0.15, 0.2) is 0 Å². The molecule has 2 saturated heterocycles. The fourth-order valence-electron chi connectivity index (χ4n) is 6.52. The number of primary amides is 1. The van der Waals surface area contributed by atoms with Crippen LogP contribution in [0.15, 0.2) is 4.99 Å². The molecular formula is C27H45N7O3. The van der Waals surface area contributed by atoms with Gasteiger partial charge in [-0.2, -0.15) is 10.3 Å².